The Bertz CT molecular complexity index is 643. The number of fused-ring (bicyclic) bond motifs is 1. The van der Waals surface area contributed by atoms with Gasteiger partial charge in [0, 0.05) is 11.8 Å². The SMILES string of the molecule is OCc1ccc(-c2cncc3[nH]cnc23)cc1. The molecule has 4 heteroatoms. The van der Waals surface area contributed by atoms with Crippen LogP contribution < -0.4 is 0 Å². The molecule has 4 nitrogen and oxygen atoms in total. The minimum atomic E-state index is 0.0606. The zero-order chi connectivity index (χ0) is 11.7. The molecule has 2 aromatic heterocycles. The van der Waals surface area contributed by atoms with E-state index >= 15 is 0 Å². The lowest BCUT2D eigenvalue weighted by atomic mass is 10.0. The van der Waals surface area contributed by atoms with E-state index in [1.54, 1.807) is 18.7 Å². The predicted octanol–water partition coefficient (Wildman–Crippen LogP) is 2.12. The van der Waals surface area contributed by atoms with E-state index in [1.165, 1.54) is 0 Å². The molecule has 0 amide bonds. The van der Waals surface area contributed by atoms with Gasteiger partial charge in [-0.25, -0.2) is 4.98 Å². The molecule has 0 aliphatic carbocycles. The van der Waals surface area contributed by atoms with Crippen molar-refractivity contribution in [2.75, 3.05) is 0 Å². The van der Waals surface area contributed by atoms with E-state index in [4.69, 9.17) is 5.11 Å². The van der Waals surface area contributed by atoms with Gasteiger partial charge in [0.1, 0.15) is 0 Å². The van der Waals surface area contributed by atoms with Crippen molar-refractivity contribution in [1.29, 1.82) is 0 Å². The van der Waals surface area contributed by atoms with E-state index in [-0.39, 0.29) is 6.61 Å². The zero-order valence-corrected chi connectivity index (χ0v) is 9.09. The van der Waals surface area contributed by atoms with Crippen molar-refractivity contribution in [3.05, 3.63) is 48.5 Å². The summed E-state index contributed by atoms with van der Waals surface area (Å²) in [5.41, 5.74) is 4.78. The minimum Gasteiger partial charge on any atom is -0.392 e. The van der Waals surface area contributed by atoms with Crippen molar-refractivity contribution < 1.29 is 5.11 Å². The molecule has 2 heterocycles. The number of benzene rings is 1. The van der Waals surface area contributed by atoms with E-state index in [2.05, 4.69) is 15.0 Å². The maximum Gasteiger partial charge on any atom is 0.0992 e. The smallest absolute Gasteiger partial charge is 0.0992 e. The molecule has 0 fully saturated rings. The third-order valence-corrected chi connectivity index (χ3v) is 2.78. The van der Waals surface area contributed by atoms with Gasteiger partial charge in [0.15, 0.2) is 0 Å². The normalized spacial score (nSPS) is 10.9. The number of aliphatic hydroxyl groups is 1. The van der Waals surface area contributed by atoms with E-state index in [0.29, 0.717) is 0 Å². The molecule has 0 radical (unpaired) electrons. The average Bonchev–Trinajstić information content (AvgIpc) is 2.87. The molecule has 3 aromatic rings. The Kier molecular flexibility index (Phi) is 2.34. The number of hydrogen-bond acceptors (Lipinski definition) is 3. The van der Waals surface area contributed by atoms with Crippen LogP contribution in [0, 0.1) is 0 Å². The molecule has 0 saturated carbocycles. The van der Waals surface area contributed by atoms with Crippen LogP contribution in [0.1, 0.15) is 5.56 Å². The highest BCUT2D eigenvalue weighted by atomic mass is 16.3. The summed E-state index contributed by atoms with van der Waals surface area (Å²) in [6.07, 6.45) is 5.23. The number of rotatable bonds is 2. The Morgan fingerprint density at radius 3 is 2.71 bits per heavy atom. The number of aromatic amines is 1. The molecule has 0 aliphatic rings. The van der Waals surface area contributed by atoms with Crippen LogP contribution in [0.2, 0.25) is 0 Å². The topological polar surface area (TPSA) is 61.8 Å². The van der Waals surface area contributed by atoms with Gasteiger partial charge in [0.25, 0.3) is 0 Å². The van der Waals surface area contributed by atoms with Crippen molar-refractivity contribution in [3.8, 4) is 11.1 Å². The van der Waals surface area contributed by atoms with Gasteiger partial charge < -0.3 is 10.1 Å². The lowest BCUT2D eigenvalue weighted by Crippen LogP contribution is -1.85. The fourth-order valence-electron chi connectivity index (χ4n) is 1.87. The number of nitrogens with one attached hydrogen (secondary N) is 1. The number of aromatic nitrogens is 3. The predicted molar refractivity (Wildman–Crippen MR) is 65.2 cm³/mol. The second kappa shape index (κ2) is 3.99. The van der Waals surface area contributed by atoms with Crippen LogP contribution in [-0.4, -0.2) is 20.1 Å². The maximum atomic E-state index is 9.01. The first-order valence-corrected chi connectivity index (χ1v) is 5.36. The number of nitrogens with zero attached hydrogens (tertiary/aromatic N) is 2. The summed E-state index contributed by atoms with van der Waals surface area (Å²) in [7, 11) is 0. The molecule has 0 unspecified atom stereocenters. The van der Waals surface area contributed by atoms with Gasteiger partial charge in [0.2, 0.25) is 0 Å². The summed E-state index contributed by atoms with van der Waals surface area (Å²) in [6, 6.07) is 7.75. The van der Waals surface area contributed by atoms with Crippen LogP contribution >= 0.6 is 0 Å². The quantitative estimate of drug-likeness (QED) is 0.702. The first kappa shape index (κ1) is 9.99. The lowest BCUT2D eigenvalue weighted by Gasteiger charge is -2.03. The Labute approximate surface area is 98.0 Å². The van der Waals surface area contributed by atoms with Crippen LogP contribution in [0.5, 0.6) is 0 Å². The number of imidazole rings is 1. The van der Waals surface area contributed by atoms with Gasteiger partial charge in [-0.1, -0.05) is 24.3 Å². The van der Waals surface area contributed by atoms with Crippen molar-refractivity contribution in [2.24, 2.45) is 0 Å². The average molecular weight is 225 g/mol. The van der Waals surface area contributed by atoms with Crippen LogP contribution in [0.15, 0.2) is 43.0 Å². The summed E-state index contributed by atoms with van der Waals surface area (Å²) >= 11 is 0. The van der Waals surface area contributed by atoms with Crippen molar-refractivity contribution in [3.63, 3.8) is 0 Å². The van der Waals surface area contributed by atoms with Crippen LogP contribution in [0.4, 0.5) is 0 Å². The van der Waals surface area contributed by atoms with Gasteiger partial charge in [-0.2, -0.15) is 0 Å². The largest absolute Gasteiger partial charge is 0.392 e. The number of aliphatic hydroxyl groups excluding tert-OH is 1. The van der Waals surface area contributed by atoms with Crippen molar-refractivity contribution in [2.45, 2.75) is 6.61 Å². The third kappa shape index (κ3) is 1.68. The Balaban J connectivity index is 2.16. The van der Waals surface area contributed by atoms with E-state index in [9.17, 15) is 0 Å². The molecule has 2 N–H and O–H groups in total. The van der Waals surface area contributed by atoms with Crippen LogP contribution in [0.25, 0.3) is 22.2 Å². The molecule has 0 atom stereocenters. The lowest BCUT2D eigenvalue weighted by molar-refractivity contribution is 0.282. The Morgan fingerprint density at radius 2 is 1.94 bits per heavy atom. The van der Waals surface area contributed by atoms with E-state index < -0.39 is 0 Å². The first-order chi connectivity index (χ1) is 8.38. The third-order valence-electron chi connectivity index (χ3n) is 2.78. The Hall–Kier alpha value is -2.20. The Morgan fingerprint density at radius 1 is 1.12 bits per heavy atom. The van der Waals surface area contributed by atoms with Gasteiger partial charge in [-0.15, -0.1) is 0 Å². The molecule has 0 spiro atoms. The van der Waals surface area contributed by atoms with Crippen molar-refractivity contribution in [1.82, 2.24) is 15.0 Å². The second-order valence-corrected chi connectivity index (χ2v) is 3.84. The summed E-state index contributed by atoms with van der Waals surface area (Å²) in [4.78, 5) is 11.5. The van der Waals surface area contributed by atoms with Gasteiger partial charge in [0.05, 0.1) is 30.2 Å². The summed E-state index contributed by atoms with van der Waals surface area (Å²) in [6.45, 7) is 0.0606. The summed E-state index contributed by atoms with van der Waals surface area (Å²) in [5.74, 6) is 0. The maximum absolute atomic E-state index is 9.01. The molecular formula is C13H11N3O. The molecule has 84 valence electrons. The number of H-pyrrole nitrogens is 1. The second-order valence-electron chi connectivity index (χ2n) is 3.84. The highest BCUT2D eigenvalue weighted by Crippen LogP contribution is 2.25. The number of hydrogen-bond donors (Lipinski definition) is 2. The van der Waals surface area contributed by atoms with Crippen LogP contribution in [-0.2, 0) is 6.61 Å². The van der Waals surface area contributed by atoms with E-state index in [0.717, 1.165) is 27.7 Å². The zero-order valence-electron chi connectivity index (χ0n) is 9.09. The molecule has 0 aliphatic heterocycles. The van der Waals surface area contributed by atoms with Gasteiger partial charge >= 0.3 is 0 Å². The number of pyridine rings is 1. The minimum absolute atomic E-state index is 0.0606. The standard InChI is InChI=1S/C13H11N3O/c17-7-9-1-3-10(4-2-9)11-5-14-6-12-13(11)16-8-15-12/h1-6,8,17H,7H2,(H,15,16). The van der Waals surface area contributed by atoms with E-state index in [1.807, 2.05) is 24.3 Å². The summed E-state index contributed by atoms with van der Waals surface area (Å²) in [5, 5.41) is 9.01. The fourth-order valence-corrected chi connectivity index (χ4v) is 1.87. The van der Waals surface area contributed by atoms with Crippen molar-refractivity contribution >= 4 is 11.0 Å². The van der Waals surface area contributed by atoms with Crippen LogP contribution in [0.3, 0.4) is 0 Å². The molecular weight excluding hydrogens is 214 g/mol. The molecule has 17 heavy (non-hydrogen) atoms. The summed E-state index contributed by atoms with van der Waals surface area (Å²) < 4.78 is 0. The van der Waals surface area contributed by atoms with Gasteiger partial charge in [-0.3, -0.25) is 4.98 Å². The monoisotopic (exact) mass is 225 g/mol. The fraction of sp³-hybridized carbons (Fsp3) is 0.0769. The molecule has 0 bridgehead atoms. The molecule has 0 saturated heterocycles. The highest BCUT2D eigenvalue weighted by molar-refractivity contribution is 5.90. The highest BCUT2D eigenvalue weighted by Gasteiger charge is 2.06. The molecule has 3 rings (SSSR count). The van der Waals surface area contributed by atoms with Gasteiger partial charge in [-0.05, 0) is 11.1 Å². The first-order valence-electron chi connectivity index (χ1n) is 5.36. The molecule has 1 aromatic carbocycles.